The quantitative estimate of drug-likeness (QED) is 0.295. The zero-order valence-corrected chi connectivity index (χ0v) is 19.4. The molecule has 0 spiro atoms. The van der Waals surface area contributed by atoms with Crippen LogP contribution in [0.15, 0.2) is 130 Å². The SMILES string of the molecule is O=C1/C(=C\c2ccccc2)N=C(c2ccccc2)N1c1nc2ccc(Sc3ccccc3)cc2[nH]1. The normalized spacial score (nSPS) is 14.6. The Morgan fingerprint density at radius 3 is 2.20 bits per heavy atom. The van der Waals surface area contributed by atoms with Gasteiger partial charge in [-0.15, -0.1) is 0 Å². The van der Waals surface area contributed by atoms with Crippen LogP contribution in [-0.2, 0) is 4.79 Å². The molecule has 0 saturated heterocycles. The first-order valence-electron chi connectivity index (χ1n) is 11.2. The van der Waals surface area contributed by atoms with Crippen molar-refractivity contribution < 1.29 is 4.79 Å². The predicted octanol–water partition coefficient (Wildman–Crippen LogP) is 6.55. The van der Waals surface area contributed by atoms with Gasteiger partial charge in [0.25, 0.3) is 5.91 Å². The van der Waals surface area contributed by atoms with Gasteiger partial charge in [0, 0.05) is 15.4 Å². The van der Waals surface area contributed by atoms with Crippen molar-refractivity contribution in [2.24, 2.45) is 4.99 Å². The lowest BCUT2D eigenvalue weighted by Crippen LogP contribution is -2.33. The van der Waals surface area contributed by atoms with Gasteiger partial charge in [-0.25, -0.2) is 14.9 Å². The van der Waals surface area contributed by atoms with Crippen LogP contribution in [0, 0.1) is 0 Å². The molecule has 1 amide bonds. The molecule has 5 aromatic rings. The summed E-state index contributed by atoms with van der Waals surface area (Å²) in [6.07, 6.45) is 1.81. The number of imidazole rings is 1. The number of hydrogen-bond donors (Lipinski definition) is 1. The first-order valence-corrected chi connectivity index (χ1v) is 12.0. The number of nitrogens with zero attached hydrogens (tertiary/aromatic N) is 3. The molecule has 5 nitrogen and oxygen atoms in total. The Balaban J connectivity index is 1.39. The van der Waals surface area contributed by atoms with Crippen LogP contribution in [-0.4, -0.2) is 21.7 Å². The maximum absolute atomic E-state index is 13.6. The fraction of sp³-hybridized carbons (Fsp3) is 0. The van der Waals surface area contributed by atoms with E-state index in [1.54, 1.807) is 16.7 Å². The van der Waals surface area contributed by atoms with E-state index in [1.165, 1.54) is 0 Å². The van der Waals surface area contributed by atoms with Gasteiger partial charge in [0.1, 0.15) is 5.70 Å². The number of carbonyl (C=O) groups excluding carboxylic acids is 1. The van der Waals surface area contributed by atoms with Gasteiger partial charge in [-0.3, -0.25) is 4.79 Å². The molecule has 35 heavy (non-hydrogen) atoms. The van der Waals surface area contributed by atoms with E-state index in [2.05, 4.69) is 23.2 Å². The molecule has 1 N–H and O–H groups in total. The summed E-state index contributed by atoms with van der Waals surface area (Å²) in [6, 6.07) is 35.7. The highest BCUT2D eigenvalue weighted by Crippen LogP contribution is 2.32. The molecule has 6 heteroatoms. The number of carbonyl (C=O) groups is 1. The summed E-state index contributed by atoms with van der Waals surface area (Å²) in [7, 11) is 0. The second-order valence-electron chi connectivity index (χ2n) is 8.04. The van der Waals surface area contributed by atoms with Crippen LogP contribution >= 0.6 is 11.8 Å². The smallest absolute Gasteiger partial charge is 0.285 e. The monoisotopic (exact) mass is 472 g/mol. The number of H-pyrrole nitrogens is 1. The topological polar surface area (TPSA) is 61.4 Å². The molecule has 0 fully saturated rings. The Hall–Kier alpha value is -4.42. The highest BCUT2D eigenvalue weighted by atomic mass is 32.2. The second kappa shape index (κ2) is 9.08. The number of rotatable bonds is 5. The van der Waals surface area contributed by atoms with Crippen molar-refractivity contribution in [1.82, 2.24) is 9.97 Å². The van der Waals surface area contributed by atoms with Gasteiger partial charge in [0.15, 0.2) is 5.84 Å². The van der Waals surface area contributed by atoms with Crippen molar-refractivity contribution in [1.29, 1.82) is 0 Å². The molecule has 1 aliphatic rings. The zero-order chi connectivity index (χ0) is 23.6. The van der Waals surface area contributed by atoms with E-state index in [0.29, 0.717) is 17.5 Å². The minimum absolute atomic E-state index is 0.217. The third-order valence-electron chi connectivity index (χ3n) is 5.63. The minimum Gasteiger partial charge on any atom is -0.323 e. The number of aromatic nitrogens is 2. The van der Waals surface area contributed by atoms with E-state index in [1.807, 2.05) is 97.1 Å². The van der Waals surface area contributed by atoms with E-state index in [0.717, 1.165) is 32.0 Å². The Bertz CT molecular complexity index is 1570. The third kappa shape index (κ3) is 4.27. The molecule has 0 atom stereocenters. The molecule has 0 unspecified atom stereocenters. The van der Waals surface area contributed by atoms with Crippen LogP contribution in [0.5, 0.6) is 0 Å². The fourth-order valence-corrected chi connectivity index (χ4v) is 4.85. The van der Waals surface area contributed by atoms with Crippen LogP contribution in [0.1, 0.15) is 11.1 Å². The Labute approximate surface area is 206 Å². The highest BCUT2D eigenvalue weighted by Gasteiger charge is 2.34. The maximum Gasteiger partial charge on any atom is 0.285 e. The molecule has 4 aromatic carbocycles. The average Bonchev–Trinajstić information content (AvgIpc) is 3.46. The van der Waals surface area contributed by atoms with Gasteiger partial charge in [0.05, 0.1) is 11.0 Å². The van der Waals surface area contributed by atoms with Crippen LogP contribution < -0.4 is 4.90 Å². The van der Waals surface area contributed by atoms with Crippen molar-refractivity contribution in [3.05, 3.63) is 126 Å². The third-order valence-corrected chi connectivity index (χ3v) is 6.62. The molecular weight excluding hydrogens is 452 g/mol. The van der Waals surface area contributed by atoms with Gasteiger partial charge in [-0.05, 0) is 42.0 Å². The van der Waals surface area contributed by atoms with E-state index in [-0.39, 0.29) is 5.91 Å². The molecule has 0 bridgehead atoms. The van der Waals surface area contributed by atoms with Gasteiger partial charge in [-0.1, -0.05) is 90.6 Å². The predicted molar refractivity (Wildman–Crippen MR) is 142 cm³/mol. The van der Waals surface area contributed by atoms with Gasteiger partial charge < -0.3 is 4.98 Å². The minimum atomic E-state index is -0.217. The number of nitrogens with one attached hydrogen (secondary N) is 1. The summed E-state index contributed by atoms with van der Waals surface area (Å²) in [5.74, 6) is 0.785. The number of hydrogen-bond acceptors (Lipinski definition) is 4. The number of fused-ring (bicyclic) bond motifs is 1. The van der Waals surface area contributed by atoms with Crippen molar-refractivity contribution in [2.45, 2.75) is 9.79 Å². The van der Waals surface area contributed by atoms with Crippen LogP contribution in [0.3, 0.4) is 0 Å². The van der Waals surface area contributed by atoms with Crippen molar-refractivity contribution in [3.63, 3.8) is 0 Å². The van der Waals surface area contributed by atoms with Crippen LogP contribution in [0.2, 0.25) is 0 Å². The first kappa shape index (κ1) is 21.1. The molecule has 168 valence electrons. The maximum atomic E-state index is 13.6. The average molecular weight is 473 g/mol. The Morgan fingerprint density at radius 1 is 0.771 bits per heavy atom. The Morgan fingerprint density at radius 2 is 1.46 bits per heavy atom. The zero-order valence-electron chi connectivity index (χ0n) is 18.6. The summed E-state index contributed by atoms with van der Waals surface area (Å²) in [6.45, 7) is 0. The first-order chi connectivity index (χ1) is 17.2. The number of benzene rings is 4. The molecule has 1 aliphatic heterocycles. The highest BCUT2D eigenvalue weighted by molar-refractivity contribution is 7.99. The molecular formula is C29H20N4OS. The van der Waals surface area contributed by atoms with Gasteiger partial charge in [0.2, 0.25) is 5.95 Å². The molecule has 2 heterocycles. The molecule has 0 saturated carbocycles. The second-order valence-corrected chi connectivity index (χ2v) is 9.18. The number of aromatic amines is 1. The lowest BCUT2D eigenvalue weighted by molar-refractivity contribution is -0.113. The summed E-state index contributed by atoms with van der Waals surface area (Å²) >= 11 is 1.68. The summed E-state index contributed by atoms with van der Waals surface area (Å²) < 4.78 is 0. The number of amidine groups is 1. The van der Waals surface area contributed by atoms with E-state index in [4.69, 9.17) is 9.98 Å². The largest absolute Gasteiger partial charge is 0.323 e. The van der Waals surface area contributed by atoms with Crippen molar-refractivity contribution in [2.75, 3.05) is 4.90 Å². The van der Waals surface area contributed by atoms with E-state index in [9.17, 15) is 4.79 Å². The fourth-order valence-electron chi connectivity index (χ4n) is 3.97. The van der Waals surface area contributed by atoms with Crippen LogP contribution in [0.4, 0.5) is 5.95 Å². The number of amides is 1. The molecule has 1 aromatic heterocycles. The van der Waals surface area contributed by atoms with Crippen molar-refractivity contribution in [3.8, 4) is 0 Å². The molecule has 0 aliphatic carbocycles. The standard InChI is InChI=1S/C29H20N4OS/c34-28-26(18-20-10-4-1-5-11-20)30-27(21-12-6-2-7-13-21)33(28)29-31-24-17-16-23(19-25(24)32-29)35-22-14-8-3-9-15-22/h1-19H,(H,31,32)/b26-18+. The number of aliphatic imine (C=N–C) groups is 1. The molecule has 0 radical (unpaired) electrons. The summed E-state index contributed by atoms with van der Waals surface area (Å²) in [5, 5.41) is 0. The van der Waals surface area contributed by atoms with Crippen LogP contribution in [0.25, 0.3) is 17.1 Å². The lowest BCUT2D eigenvalue weighted by Gasteiger charge is -2.15. The lowest BCUT2D eigenvalue weighted by atomic mass is 10.2. The number of anilines is 1. The van der Waals surface area contributed by atoms with Gasteiger partial charge in [-0.2, -0.15) is 0 Å². The Kier molecular flexibility index (Phi) is 5.48. The van der Waals surface area contributed by atoms with Gasteiger partial charge >= 0.3 is 0 Å². The van der Waals surface area contributed by atoms with Crippen molar-refractivity contribution >= 4 is 46.6 Å². The van der Waals surface area contributed by atoms with E-state index >= 15 is 0 Å². The van der Waals surface area contributed by atoms with E-state index < -0.39 is 0 Å². The molecule has 6 rings (SSSR count). The summed E-state index contributed by atoms with van der Waals surface area (Å²) in [4.78, 5) is 30.2. The summed E-state index contributed by atoms with van der Waals surface area (Å²) in [5.41, 5.74) is 3.79.